The minimum Gasteiger partial charge on any atom is -0.497 e. The molecule has 3 nitrogen and oxygen atoms in total. The highest BCUT2D eigenvalue weighted by atomic mass is 16.5. The van der Waals surface area contributed by atoms with Crippen LogP contribution in [0.2, 0.25) is 0 Å². The van der Waals surface area contributed by atoms with Crippen molar-refractivity contribution in [2.24, 2.45) is 0 Å². The first-order chi connectivity index (χ1) is 8.65. The van der Waals surface area contributed by atoms with Crippen molar-refractivity contribution >= 4 is 10.8 Å². The highest BCUT2D eigenvalue weighted by Crippen LogP contribution is 2.25. The highest BCUT2D eigenvalue weighted by Gasteiger charge is 2.13. The van der Waals surface area contributed by atoms with Crippen LogP contribution < -0.4 is 4.74 Å². The van der Waals surface area contributed by atoms with Gasteiger partial charge in [0.05, 0.1) is 13.2 Å². The first-order valence-corrected chi connectivity index (χ1v) is 5.79. The third-order valence-corrected chi connectivity index (χ3v) is 3.03. The van der Waals surface area contributed by atoms with Crippen molar-refractivity contribution in [3.05, 3.63) is 42.0 Å². The van der Waals surface area contributed by atoms with Crippen LogP contribution in [0.4, 0.5) is 0 Å². The monoisotopic (exact) mass is 240 g/mol. The fraction of sp³-hybridized carbons (Fsp3) is 0.267. The number of nitrogens with zero attached hydrogens (tertiary/aromatic N) is 2. The van der Waals surface area contributed by atoms with Gasteiger partial charge in [0.25, 0.3) is 0 Å². The molecule has 2 aromatic rings. The summed E-state index contributed by atoms with van der Waals surface area (Å²) in [5, 5.41) is 11.4. The topological polar surface area (TPSA) is 36.3 Å². The van der Waals surface area contributed by atoms with E-state index in [0.717, 1.165) is 22.1 Å². The van der Waals surface area contributed by atoms with E-state index in [9.17, 15) is 5.26 Å². The van der Waals surface area contributed by atoms with Gasteiger partial charge in [0.2, 0.25) is 0 Å². The van der Waals surface area contributed by atoms with E-state index in [1.807, 2.05) is 49.3 Å². The summed E-state index contributed by atoms with van der Waals surface area (Å²) in [5.74, 6) is 0.847. The molecular formula is C15H16N2O. The van der Waals surface area contributed by atoms with E-state index < -0.39 is 0 Å². The molecular weight excluding hydrogens is 224 g/mol. The molecule has 0 aliphatic carbocycles. The van der Waals surface area contributed by atoms with Crippen LogP contribution in [0, 0.1) is 11.3 Å². The molecule has 0 heterocycles. The summed E-state index contributed by atoms with van der Waals surface area (Å²) in [6, 6.07) is 14.1. The van der Waals surface area contributed by atoms with Gasteiger partial charge in [-0.25, -0.2) is 0 Å². The van der Waals surface area contributed by atoms with Gasteiger partial charge in [-0.1, -0.05) is 18.2 Å². The summed E-state index contributed by atoms with van der Waals surface area (Å²) >= 11 is 0. The molecule has 0 aliphatic rings. The summed E-state index contributed by atoms with van der Waals surface area (Å²) in [6.07, 6.45) is 0. The van der Waals surface area contributed by atoms with Gasteiger partial charge in [0.15, 0.2) is 0 Å². The Morgan fingerprint density at radius 3 is 2.39 bits per heavy atom. The number of benzene rings is 2. The summed E-state index contributed by atoms with van der Waals surface area (Å²) in [4.78, 5) is 1.91. The number of fused-ring (bicyclic) bond motifs is 1. The molecule has 0 radical (unpaired) electrons. The van der Waals surface area contributed by atoms with Crippen molar-refractivity contribution in [1.82, 2.24) is 4.90 Å². The largest absolute Gasteiger partial charge is 0.497 e. The second-order valence-electron chi connectivity index (χ2n) is 4.47. The maximum atomic E-state index is 9.19. The predicted octanol–water partition coefficient (Wildman–Crippen LogP) is 2.97. The zero-order valence-corrected chi connectivity index (χ0v) is 10.8. The lowest BCUT2D eigenvalue weighted by Gasteiger charge is -2.17. The third kappa shape index (κ3) is 2.29. The second-order valence-corrected chi connectivity index (χ2v) is 4.47. The lowest BCUT2D eigenvalue weighted by Crippen LogP contribution is -2.18. The van der Waals surface area contributed by atoms with Crippen LogP contribution in [0.15, 0.2) is 36.4 Å². The molecule has 0 spiro atoms. The van der Waals surface area contributed by atoms with Crippen molar-refractivity contribution in [3.63, 3.8) is 0 Å². The van der Waals surface area contributed by atoms with Gasteiger partial charge in [-0.3, -0.25) is 4.90 Å². The van der Waals surface area contributed by atoms with E-state index in [-0.39, 0.29) is 6.04 Å². The van der Waals surface area contributed by atoms with Crippen LogP contribution >= 0.6 is 0 Å². The number of hydrogen-bond donors (Lipinski definition) is 0. The van der Waals surface area contributed by atoms with Gasteiger partial charge in [-0.05, 0) is 48.6 Å². The van der Waals surface area contributed by atoms with Crippen molar-refractivity contribution < 1.29 is 4.74 Å². The number of ether oxygens (including phenoxy) is 1. The van der Waals surface area contributed by atoms with Gasteiger partial charge in [0.1, 0.15) is 11.8 Å². The standard InChI is InChI=1S/C15H16N2O/c1-17(2)15(10-16)13-5-4-12-9-14(18-3)7-6-11(12)8-13/h4-9,15H,1-3H3. The Balaban J connectivity index is 2.48. The molecule has 1 unspecified atom stereocenters. The summed E-state index contributed by atoms with van der Waals surface area (Å²) in [5.41, 5.74) is 1.01. The van der Waals surface area contributed by atoms with Crippen LogP contribution in [-0.2, 0) is 0 Å². The molecule has 18 heavy (non-hydrogen) atoms. The summed E-state index contributed by atoms with van der Waals surface area (Å²) in [6.45, 7) is 0. The van der Waals surface area contributed by atoms with E-state index in [1.54, 1.807) is 7.11 Å². The average Bonchev–Trinajstić information content (AvgIpc) is 2.38. The van der Waals surface area contributed by atoms with Crippen molar-refractivity contribution in [1.29, 1.82) is 5.26 Å². The van der Waals surface area contributed by atoms with Crippen LogP contribution in [0.1, 0.15) is 11.6 Å². The fourth-order valence-corrected chi connectivity index (χ4v) is 2.03. The maximum Gasteiger partial charge on any atom is 0.123 e. The number of nitriles is 1. The minimum absolute atomic E-state index is 0.212. The van der Waals surface area contributed by atoms with E-state index in [2.05, 4.69) is 12.1 Å². The predicted molar refractivity (Wildman–Crippen MR) is 72.5 cm³/mol. The fourth-order valence-electron chi connectivity index (χ4n) is 2.03. The smallest absolute Gasteiger partial charge is 0.123 e. The maximum absolute atomic E-state index is 9.19. The van der Waals surface area contributed by atoms with Crippen molar-refractivity contribution in [3.8, 4) is 11.8 Å². The lowest BCUT2D eigenvalue weighted by molar-refractivity contribution is 0.358. The third-order valence-electron chi connectivity index (χ3n) is 3.03. The Morgan fingerprint density at radius 2 is 1.78 bits per heavy atom. The first-order valence-electron chi connectivity index (χ1n) is 5.79. The molecule has 92 valence electrons. The van der Waals surface area contributed by atoms with E-state index in [0.29, 0.717) is 0 Å². The first kappa shape index (κ1) is 12.4. The number of hydrogen-bond acceptors (Lipinski definition) is 3. The van der Waals surface area contributed by atoms with Gasteiger partial charge in [-0.2, -0.15) is 5.26 Å². The molecule has 1 atom stereocenters. The van der Waals surface area contributed by atoms with E-state index in [4.69, 9.17) is 4.74 Å². The van der Waals surface area contributed by atoms with Crippen molar-refractivity contribution in [2.45, 2.75) is 6.04 Å². The van der Waals surface area contributed by atoms with Crippen LogP contribution in [-0.4, -0.2) is 26.1 Å². The van der Waals surface area contributed by atoms with Gasteiger partial charge >= 0.3 is 0 Å². The van der Waals surface area contributed by atoms with Crippen LogP contribution in [0.5, 0.6) is 5.75 Å². The van der Waals surface area contributed by atoms with Gasteiger partial charge in [0, 0.05) is 0 Å². The molecule has 3 heteroatoms. The molecule has 2 aromatic carbocycles. The molecule has 0 saturated carbocycles. The van der Waals surface area contributed by atoms with Gasteiger partial charge in [-0.15, -0.1) is 0 Å². The number of methoxy groups -OCH3 is 1. The Hall–Kier alpha value is -2.05. The molecule has 0 fully saturated rings. The molecule has 0 saturated heterocycles. The Morgan fingerprint density at radius 1 is 1.11 bits per heavy atom. The minimum atomic E-state index is -0.212. The molecule has 0 bridgehead atoms. The number of rotatable bonds is 3. The Labute approximate surface area is 107 Å². The summed E-state index contributed by atoms with van der Waals surface area (Å²) < 4.78 is 5.20. The molecule has 2 rings (SSSR count). The Bertz CT molecular complexity index is 599. The zero-order chi connectivity index (χ0) is 13.1. The summed E-state index contributed by atoms with van der Waals surface area (Å²) in [7, 11) is 5.48. The average molecular weight is 240 g/mol. The van der Waals surface area contributed by atoms with E-state index in [1.165, 1.54) is 0 Å². The van der Waals surface area contributed by atoms with Crippen LogP contribution in [0.3, 0.4) is 0 Å². The second kappa shape index (κ2) is 5.07. The molecule has 0 amide bonds. The molecule has 0 aliphatic heterocycles. The zero-order valence-electron chi connectivity index (χ0n) is 10.8. The molecule has 0 N–H and O–H groups in total. The Kier molecular flexibility index (Phi) is 3.50. The lowest BCUT2D eigenvalue weighted by atomic mass is 10.0. The quantitative estimate of drug-likeness (QED) is 0.827. The van der Waals surface area contributed by atoms with Crippen molar-refractivity contribution in [2.75, 3.05) is 21.2 Å². The SMILES string of the molecule is COc1ccc2cc(C(C#N)N(C)C)ccc2c1. The highest BCUT2D eigenvalue weighted by molar-refractivity contribution is 5.84. The van der Waals surface area contributed by atoms with Gasteiger partial charge < -0.3 is 4.74 Å². The normalized spacial score (nSPS) is 12.4. The van der Waals surface area contributed by atoms with Crippen LogP contribution in [0.25, 0.3) is 10.8 Å². The molecule has 0 aromatic heterocycles. The van der Waals surface area contributed by atoms with E-state index >= 15 is 0 Å².